The lowest BCUT2D eigenvalue weighted by atomic mass is 10.00. The summed E-state index contributed by atoms with van der Waals surface area (Å²) in [6.45, 7) is 6.08. The number of carbonyl (C=O) groups is 1. The first-order valence-corrected chi connectivity index (χ1v) is 6.35. The van der Waals surface area contributed by atoms with Gasteiger partial charge in [0.1, 0.15) is 12.4 Å². The summed E-state index contributed by atoms with van der Waals surface area (Å²) >= 11 is 0. The fourth-order valence-corrected chi connectivity index (χ4v) is 2.12. The molecule has 1 amide bonds. The molecule has 0 atom stereocenters. The molecule has 1 aromatic carbocycles. The number of ether oxygens (including phenoxy) is 1. The Bertz CT molecular complexity index is 443. The minimum Gasteiger partial charge on any atom is -0.491 e. The molecule has 0 aromatic heterocycles. The van der Waals surface area contributed by atoms with Gasteiger partial charge in [-0.3, -0.25) is 4.79 Å². The number of hydrogen-bond donors (Lipinski definition) is 1. The summed E-state index contributed by atoms with van der Waals surface area (Å²) in [5.41, 5.74) is 7.75. The summed E-state index contributed by atoms with van der Waals surface area (Å²) < 4.78 is 5.67. The molecule has 0 spiro atoms. The average Bonchev–Trinajstić information content (AvgIpc) is 2.58. The third kappa shape index (κ3) is 2.64. The number of carbonyl (C=O) groups excluding carboxylic acids is 1. The number of hydrogen-bond acceptors (Lipinski definition) is 3. The van der Waals surface area contributed by atoms with Crippen LogP contribution in [0, 0.1) is 0 Å². The highest BCUT2D eigenvalue weighted by molar-refractivity contribution is 5.78. The smallest absolute Gasteiger partial charge is 0.236 e. The zero-order valence-corrected chi connectivity index (χ0v) is 11.0. The van der Waals surface area contributed by atoms with Crippen molar-refractivity contribution in [2.45, 2.75) is 26.3 Å². The highest BCUT2D eigenvalue weighted by Gasteiger charge is 2.19. The van der Waals surface area contributed by atoms with Crippen LogP contribution >= 0.6 is 0 Å². The van der Waals surface area contributed by atoms with E-state index in [0.717, 1.165) is 11.3 Å². The van der Waals surface area contributed by atoms with Crippen molar-refractivity contribution in [2.24, 2.45) is 5.73 Å². The molecule has 0 saturated carbocycles. The van der Waals surface area contributed by atoms with E-state index in [1.807, 2.05) is 6.07 Å². The molecule has 2 rings (SSSR count). The Hall–Kier alpha value is -1.55. The van der Waals surface area contributed by atoms with E-state index in [1.54, 1.807) is 4.90 Å². The van der Waals surface area contributed by atoms with E-state index >= 15 is 0 Å². The Labute approximate surface area is 108 Å². The Morgan fingerprint density at radius 2 is 2.28 bits per heavy atom. The van der Waals surface area contributed by atoms with Crippen LogP contribution in [-0.2, 0) is 11.3 Å². The molecule has 4 nitrogen and oxygen atoms in total. The van der Waals surface area contributed by atoms with Crippen LogP contribution in [0.15, 0.2) is 18.2 Å². The lowest BCUT2D eigenvalue weighted by Crippen LogP contribution is -2.36. The molecule has 0 aliphatic carbocycles. The monoisotopic (exact) mass is 248 g/mol. The maximum absolute atomic E-state index is 11.7. The summed E-state index contributed by atoms with van der Waals surface area (Å²) in [6, 6.07) is 6.22. The normalized spacial score (nSPS) is 15.0. The van der Waals surface area contributed by atoms with Crippen molar-refractivity contribution in [1.82, 2.24) is 4.90 Å². The van der Waals surface area contributed by atoms with Crippen LogP contribution in [0.1, 0.15) is 30.9 Å². The second-order valence-electron chi connectivity index (χ2n) is 4.89. The van der Waals surface area contributed by atoms with E-state index in [4.69, 9.17) is 10.5 Å². The third-order valence-corrected chi connectivity index (χ3v) is 3.26. The van der Waals surface area contributed by atoms with Gasteiger partial charge in [0.05, 0.1) is 13.1 Å². The molecule has 0 saturated heterocycles. The lowest BCUT2D eigenvalue weighted by molar-refractivity contribution is -0.130. The topological polar surface area (TPSA) is 55.6 Å². The summed E-state index contributed by atoms with van der Waals surface area (Å²) in [4.78, 5) is 13.5. The third-order valence-electron chi connectivity index (χ3n) is 3.26. The molecule has 1 aliphatic heterocycles. The van der Waals surface area contributed by atoms with Gasteiger partial charge in [-0.2, -0.15) is 0 Å². The van der Waals surface area contributed by atoms with Crippen LogP contribution in [0.3, 0.4) is 0 Å². The number of fused-ring (bicyclic) bond motifs is 1. The van der Waals surface area contributed by atoms with Gasteiger partial charge in [0, 0.05) is 12.1 Å². The van der Waals surface area contributed by atoms with Crippen molar-refractivity contribution in [3.05, 3.63) is 29.3 Å². The van der Waals surface area contributed by atoms with E-state index < -0.39 is 0 Å². The van der Waals surface area contributed by atoms with Gasteiger partial charge in [0.25, 0.3) is 0 Å². The first kappa shape index (κ1) is 12.9. The second-order valence-corrected chi connectivity index (χ2v) is 4.89. The van der Waals surface area contributed by atoms with Gasteiger partial charge in [-0.15, -0.1) is 0 Å². The molecule has 4 heteroatoms. The first-order chi connectivity index (χ1) is 8.61. The molecular formula is C14H20N2O2. The van der Waals surface area contributed by atoms with Crippen molar-refractivity contribution in [1.29, 1.82) is 0 Å². The van der Waals surface area contributed by atoms with Crippen LogP contribution in [0.4, 0.5) is 0 Å². The Balaban J connectivity index is 2.28. The lowest BCUT2D eigenvalue weighted by Gasteiger charge is -2.19. The van der Waals surface area contributed by atoms with Gasteiger partial charge in [0.15, 0.2) is 0 Å². The van der Waals surface area contributed by atoms with E-state index in [9.17, 15) is 4.79 Å². The highest BCUT2D eigenvalue weighted by Crippen LogP contribution is 2.27. The zero-order chi connectivity index (χ0) is 13.1. The standard InChI is InChI=1S/C14H20N2O2/c1-10(2)11-3-4-13-12(7-11)9-16(5-6-18-13)14(17)8-15/h3-4,7,10H,5-6,8-9,15H2,1-2H3. The summed E-state index contributed by atoms with van der Waals surface area (Å²) in [5.74, 6) is 1.32. The van der Waals surface area contributed by atoms with E-state index in [0.29, 0.717) is 25.6 Å². The van der Waals surface area contributed by atoms with Crippen LogP contribution in [0.5, 0.6) is 5.75 Å². The van der Waals surface area contributed by atoms with Crippen LogP contribution < -0.4 is 10.5 Å². The minimum absolute atomic E-state index is 0.0265. The predicted octanol–water partition coefficient (Wildman–Crippen LogP) is 1.49. The predicted molar refractivity (Wildman–Crippen MR) is 70.5 cm³/mol. The van der Waals surface area contributed by atoms with Gasteiger partial charge in [-0.05, 0) is 17.5 Å². The highest BCUT2D eigenvalue weighted by atomic mass is 16.5. The van der Waals surface area contributed by atoms with E-state index in [-0.39, 0.29) is 12.5 Å². The molecule has 0 radical (unpaired) electrons. The minimum atomic E-state index is -0.0265. The van der Waals surface area contributed by atoms with Gasteiger partial charge < -0.3 is 15.4 Å². The van der Waals surface area contributed by atoms with Crippen LogP contribution in [0.2, 0.25) is 0 Å². The summed E-state index contributed by atoms with van der Waals surface area (Å²) in [7, 11) is 0. The van der Waals surface area contributed by atoms with E-state index in [1.165, 1.54) is 5.56 Å². The van der Waals surface area contributed by atoms with Crippen molar-refractivity contribution in [3.63, 3.8) is 0 Å². The Morgan fingerprint density at radius 1 is 1.50 bits per heavy atom. The molecule has 0 fully saturated rings. The molecule has 1 aliphatic rings. The quantitative estimate of drug-likeness (QED) is 0.862. The van der Waals surface area contributed by atoms with Gasteiger partial charge in [-0.25, -0.2) is 0 Å². The molecule has 1 aromatic rings. The molecule has 1 heterocycles. The maximum Gasteiger partial charge on any atom is 0.236 e. The van der Waals surface area contributed by atoms with Gasteiger partial charge >= 0.3 is 0 Å². The van der Waals surface area contributed by atoms with Gasteiger partial charge in [0.2, 0.25) is 5.91 Å². The fourth-order valence-electron chi connectivity index (χ4n) is 2.12. The second kappa shape index (κ2) is 5.40. The molecule has 2 N–H and O–H groups in total. The number of amides is 1. The van der Waals surface area contributed by atoms with Gasteiger partial charge in [-0.1, -0.05) is 26.0 Å². The average molecular weight is 248 g/mol. The number of nitrogens with two attached hydrogens (primary N) is 1. The maximum atomic E-state index is 11.7. The first-order valence-electron chi connectivity index (χ1n) is 6.35. The molecule has 0 unspecified atom stereocenters. The van der Waals surface area contributed by atoms with E-state index in [2.05, 4.69) is 26.0 Å². The van der Waals surface area contributed by atoms with Crippen molar-refractivity contribution in [2.75, 3.05) is 19.7 Å². The SMILES string of the molecule is CC(C)c1ccc2c(c1)CN(C(=O)CN)CCO2. The number of nitrogens with zero attached hydrogens (tertiary/aromatic N) is 1. The fraction of sp³-hybridized carbons (Fsp3) is 0.500. The zero-order valence-electron chi connectivity index (χ0n) is 11.0. The molecular weight excluding hydrogens is 228 g/mol. The Morgan fingerprint density at radius 3 is 2.94 bits per heavy atom. The number of benzene rings is 1. The van der Waals surface area contributed by atoms with Crippen molar-refractivity contribution >= 4 is 5.91 Å². The molecule has 98 valence electrons. The van der Waals surface area contributed by atoms with Crippen LogP contribution in [-0.4, -0.2) is 30.5 Å². The van der Waals surface area contributed by atoms with Crippen molar-refractivity contribution < 1.29 is 9.53 Å². The number of rotatable bonds is 2. The van der Waals surface area contributed by atoms with Crippen molar-refractivity contribution in [3.8, 4) is 5.75 Å². The molecule has 18 heavy (non-hydrogen) atoms. The molecule has 0 bridgehead atoms. The summed E-state index contributed by atoms with van der Waals surface area (Å²) in [6.07, 6.45) is 0. The van der Waals surface area contributed by atoms with Crippen LogP contribution in [0.25, 0.3) is 0 Å². The largest absolute Gasteiger partial charge is 0.491 e. The summed E-state index contributed by atoms with van der Waals surface area (Å²) in [5, 5.41) is 0. The Kier molecular flexibility index (Phi) is 3.87.